The third-order valence-electron chi connectivity index (χ3n) is 4.38. The summed E-state index contributed by atoms with van der Waals surface area (Å²) in [6.07, 6.45) is 0. The Labute approximate surface area is 164 Å². The predicted molar refractivity (Wildman–Crippen MR) is 104 cm³/mol. The Morgan fingerprint density at radius 2 is 1.50 bits per heavy atom. The largest absolute Gasteiger partial charge is 0.493 e. The fraction of sp³-hybridized carbons (Fsp3) is 0.333. The SMILES string of the molecule is COC(=O)[C@H](C)N(Cc1ccccc1)C(=O)c1cc(OC)c(OC)c(OC)c1. The lowest BCUT2D eigenvalue weighted by Gasteiger charge is -2.28. The summed E-state index contributed by atoms with van der Waals surface area (Å²) in [5.74, 6) is 0.237. The zero-order valence-electron chi connectivity index (χ0n) is 16.7. The van der Waals surface area contributed by atoms with Crippen LogP contribution in [0.25, 0.3) is 0 Å². The number of rotatable bonds is 8. The molecule has 1 atom stereocenters. The molecule has 2 aromatic rings. The van der Waals surface area contributed by atoms with Gasteiger partial charge in [-0.25, -0.2) is 4.79 Å². The van der Waals surface area contributed by atoms with Gasteiger partial charge in [0.2, 0.25) is 5.75 Å². The lowest BCUT2D eigenvalue weighted by molar-refractivity contribution is -0.145. The number of hydrogen-bond donors (Lipinski definition) is 0. The van der Waals surface area contributed by atoms with Crippen LogP contribution in [0.4, 0.5) is 0 Å². The molecule has 0 spiro atoms. The monoisotopic (exact) mass is 387 g/mol. The van der Waals surface area contributed by atoms with E-state index in [-0.39, 0.29) is 12.5 Å². The van der Waals surface area contributed by atoms with Crippen LogP contribution in [0.3, 0.4) is 0 Å². The maximum absolute atomic E-state index is 13.3. The van der Waals surface area contributed by atoms with Gasteiger partial charge >= 0.3 is 5.97 Å². The number of carbonyl (C=O) groups is 2. The number of methoxy groups -OCH3 is 4. The molecule has 7 heteroatoms. The summed E-state index contributed by atoms with van der Waals surface area (Å²) in [4.78, 5) is 26.9. The third-order valence-corrected chi connectivity index (χ3v) is 4.38. The Kier molecular flexibility index (Phi) is 7.26. The number of ether oxygens (including phenoxy) is 4. The molecular weight excluding hydrogens is 362 g/mol. The zero-order valence-corrected chi connectivity index (χ0v) is 16.7. The molecule has 0 aromatic heterocycles. The van der Waals surface area contributed by atoms with E-state index in [9.17, 15) is 9.59 Å². The molecule has 2 rings (SSSR count). The highest BCUT2D eigenvalue weighted by Crippen LogP contribution is 2.38. The van der Waals surface area contributed by atoms with Gasteiger partial charge in [0.05, 0.1) is 28.4 Å². The summed E-state index contributed by atoms with van der Waals surface area (Å²) in [6, 6.07) is 11.8. The van der Waals surface area contributed by atoms with Gasteiger partial charge in [0.25, 0.3) is 5.91 Å². The van der Waals surface area contributed by atoms with Crippen LogP contribution in [0.1, 0.15) is 22.8 Å². The Bertz CT molecular complexity index is 796. The summed E-state index contributed by atoms with van der Waals surface area (Å²) < 4.78 is 20.8. The average Bonchev–Trinajstić information content (AvgIpc) is 2.75. The maximum Gasteiger partial charge on any atom is 0.328 e. The van der Waals surface area contributed by atoms with Crippen LogP contribution in [0, 0.1) is 0 Å². The van der Waals surface area contributed by atoms with Gasteiger partial charge in [0.15, 0.2) is 11.5 Å². The standard InChI is InChI=1S/C21H25NO6/c1-14(21(24)28-5)22(13-15-9-7-6-8-10-15)20(23)16-11-17(25-2)19(27-4)18(12-16)26-3/h6-12,14H,13H2,1-5H3/t14-/m0/s1. The highest BCUT2D eigenvalue weighted by atomic mass is 16.5. The van der Waals surface area contributed by atoms with Crippen LogP contribution in [0.2, 0.25) is 0 Å². The van der Waals surface area contributed by atoms with E-state index < -0.39 is 12.0 Å². The van der Waals surface area contributed by atoms with Crippen LogP contribution in [0.15, 0.2) is 42.5 Å². The first-order valence-electron chi connectivity index (χ1n) is 8.69. The van der Waals surface area contributed by atoms with Crippen molar-refractivity contribution < 1.29 is 28.5 Å². The minimum absolute atomic E-state index is 0.243. The molecule has 0 aliphatic heterocycles. The smallest absolute Gasteiger partial charge is 0.328 e. The van der Waals surface area contributed by atoms with Gasteiger partial charge in [0, 0.05) is 12.1 Å². The van der Waals surface area contributed by atoms with Gasteiger partial charge in [0.1, 0.15) is 6.04 Å². The number of benzene rings is 2. The van der Waals surface area contributed by atoms with E-state index >= 15 is 0 Å². The van der Waals surface area contributed by atoms with Crippen molar-refractivity contribution in [3.63, 3.8) is 0 Å². The molecule has 150 valence electrons. The van der Waals surface area contributed by atoms with E-state index in [2.05, 4.69) is 0 Å². The molecule has 0 aliphatic rings. The number of amides is 1. The fourth-order valence-corrected chi connectivity index (χ4v) is 2.83. The van der Waals surface area contributed by atoms with E-state index in [1.807, 2.05) is 30.3 Å². The normalized spacial score (nSPS) is 11.3. The van der Waals surface area contributed by atoms with Gasteiger partial charge in [-0.15, -0.1) is 0 Å². The van der Waals surface area contributed by atoms with Crippen molar-refractivity contribution in [2.24, 2.45) is 0 Å². The number of hydrogen-bond acceptors (Lipinski definition) is 6. The van der Waals surface area contributed by atoms with Gasteiger partial charge in [-0.1, -0.05) is 30.3 Å². The second kappa shape index (κ2) is 9.64. The maximum atomic E-state index is 13.3. The summed E-state index contributed by atoms with van der Waals surface area (Å²) in [5, 5.41) is 0. The van der Waals surface area contributed by atoms with Crippen molar-refractivity contribution in [2.75, 3.05) is 28.4 Å². The van der Waals surface area contributed by atoms with Crippen molar-refractivity contribution >= 4 is 11.9 Å². The minimum atomic E-state index is -0.781. The van der Waals surface area contributed by atoms with E-state index in [0.29, 0.717) is 22.8 Å². The summed E-state index contributed by atoms with van der Waals surface area (Å²) in [5.41, 5.74) is 1.19. The number of nitrogens with zero attached hydrogens (tertiary/aromatic N) is 1. The average molecular weight is 387 g/mol. The fourth-order valence-electron chi connectivity index (χ4n) is 2.83. The van der Waals surface area contributed by atoms with Crippen LogP contribution in [0.5, 0.6) is 17.2 Å². The Hall–Kier alpha value is -3.22. The molecule has 0 heterocycles. The Morgan fingerprint density at radius 3 is 1.96 bits per heavy atom. The first kappa shape index (κ1) is 21.1. The zero-order chi connectivity index (χ0) is 20.7. The van der Waals surface area contributed by atoms with Crippen molar-refractivity contribution in [2.45, 2.75) is 19.5 Å². The Morgan fingerprint density at radius 1 is 0.929 bits per heavy atom. The first-order chi connectivity index (χ1) is 13.5. The van der Waals surface area contributed by atoms with Crippen LogP contribution in [-0.4, -0.2) is 51.3 Å². The van der Waals surface area contributed by atoms with Gasteiger partial charge in [-0.2, -0.15) is 0 Å². The lowest BCUT2D eigenvalue weighted by Crippen LogP contribution is -2.43. The van der Waals surface area contributed by atoms with Gasteiger partial charge < -0.3 is 23.8 Å². The predicted octanol–water partition coefficient (Wildman–Crippen LogP) is 2.92. The van der Waals surface area contributed by atoms with Gasteiger partial charge in [-0.3, -0.25) is 4.79 Å². The second-order valence-electron chi connectivity index (χ2n) is 6.03. The van der Waals surface area contributed by atoms with Crippen molar-refractivity contribution in [3.8, 4) is 17.2 Å². The molecule has 7 nitrogen and oxygen atoms in total. The van der Waals surface area contributed by atoms with Crippen molar-refractivity contribution in [3.05, 3.63) is 53.6 Å². The van der Waals surface area contributed by atoms with E-state index in [4.69, 9.17) is 18.9 Å². The molecule has 0 unspecified atom stereocenters. The molecule has 2 aromatic carbocycles. The summed E-state index contributed by atoms with van der Waals surface area (Å²) in [6.45, 7) is 1.87. The minimum Gasteiger partial charge on any atom is -0.493 e. The van der Waals surface area contributed by atoms with Crippen molar-refractivity contribution in [1.82, 2.24) is 4.90 Å². The highest BCUT2D eigenvalue weighted by molar-refractivity contribution is 5.98. The third kappa shape index (κ3) is 4.54. The van der Waals surface area contributed by atoms with Crippen molar-refractivity contribution in [1.29, 1.82) is 0 Å². The van der Waals surface area contributed by atoms with E-state index in [1.54, 1.807) is 19.1 Å². The quantitative estimate of drug-likeness (QED) is 0.649. The van der Waals surface area contributed by atoms with E-state index in [1.165, 1.54) is 33.3 Å². The highest BCUT2D eigenvalue weighted by Gasteiger charge is 2.29. The summed E-state index contributed by atoms with van der Waals surface area (Å²) in [7, 11) is 5.74. The lowest BCUT2D eigenvalue weighted by atomic mass is 10.1. The molecule has 1 amide bonds. The van der Waals surface area contributed by atoms with Crippen LogP contribution >= 0.6 is 0 Å². The molecule has 0 saturated carbocycles. The molecule has 0 aliphatic carbocycles. The number of esters is 1. The van der Waals surface area contributed by atoms with Gasteiger partial charge in [-0.05, 0) is 24.6 Å². The molecule has 0 fully saturated rings. The summed E-state index contributed by atoms with van der Waals surface area (Å²) >= 11 is 0. The molecule has 0 radical (unpaired) electrons. The Balaban J connectivity index is 2.47. The molecule has 28 heavy (non-hydrogen) atoms. The number of carbonyl (C=O) groups excluding carboxylic acids is 2. The van der Waals surface area contributed by atoms with E-state index in [0.717, 1.165) is 5.56 Å². The second-order valence-corrected chi connectivity index (χ2v) is 6.03. The molecule has 0 N–H and O–H groups in total. The first-order valence-corrected chi connectivity index (χ1v) is 8.69. The van der Waals surface area contributed by atoms with Crippen LogP contribution < -0.4 is 14.2 Å². The molecular formula is C21H25NO6. The molecule has 0 bridgehead atoms. The van der Waals surface area contributed by atoms with Crippen LogP contribution in [-0.2, 0) is 16.1 Å². The molecule has 0 saturated heterocycles. The topological polar surface area (TPSA) is 74.3 Å².